The highest BCUT2D eigenvalue weighted by atomic mass is 16.4. The number of aliphatic hydroxyl groups is 1. The molecule has 1 aromatic rings. The molecule has 2 aliphatic carbocycles. The van der Waals surface area contributed by atoms with Crippen LogP contribution in [0.3, 0.4) is 0 Å². The van der Waals surface area contributed by atoms with Crippen LogP contribution in [-0.4, -0.2) is 16.2 Å². The summed E-state index contributed by atoms with van der Waals surface area (Å²) < 4.78 is 0. The number of rotatable bonds is 2. The van der Waals surface area contributed by atoms with Crippen LogP contribution in [0.15, 0.2) is 30.3 Å². The summed E-state index contributed by atoms with van der Waals surface area (Å²) >= 11 is 0. The van der Waals surface area contributed by atoms with Crippen molar-refractivity contribution < 1.29 is 15.0 Å². The minimum atomic E-state index is -0.937. The number of carboxylic acid groups (broad SMARTS) is 1. The van der Waals surface area contributed by atoms with Gasteiger partial charge in [-0.1, -0.05) is 52.0 Å². The smallest absolute Gasteiger partial charge is 0.315 e. The molecule has 3 rings (SSSR count). The second-order valence-electron chi connectivity index (χ2n) is 6.92. The van der Waals surface area contributed by atoms with E-state index in [1.54, 1.807) is 6.08 Å². The maximum absolute atomic E-state index is 12.1. The molecule has 0 amide bonds. The molecular weight excluding hydrogens is 252 g/mol. The highest BCUT2D eigenvalue weighted by Gasteiger charge is 2.83. The Morgan fingerprint density at radius 2 is 1.65 bits per heavy atom. The molecule has 0 aliphatic heterocycles. The quantitative estimate of drug-likeness (QED) is 0.868. The number of aliphatic carboxylic acids is 1. The molecule has 0 saturated heterocycles. The monoisotopic (exact) mass is 272 g/mol. The van der Waals surface area contributed by atoms with Gasteiger partial charge in [0, 0.05) is 0 Å². The molecule has 2 aliphatic rings. The van der Waals surface area contributed by atoms with Crippen LogP contribution in [0, 0.1) is 16.2 Å². The Balaban J connectivity index is 2.24. The largest absolute Gasteiger partial charge is 0.481 e. The van der Waals surface area contributed by atoms with Gasteiger partial charge < -0.3 is 10.2 Å². The van der Waals surface area contributed by atoms with Crippen LogP contribution in [0.5, 0.6) is 0 Å². The summed E-state index contributed by atoms with van der Waals surface area (Å²) in [7, 11) is 0. The zero-order valence-corrected chi connectivity index (χ0v) is 12.3. The van der Waals surface area contributed by atoms with E-state index in [2.05, 4.69) is 0 Å². The predicted octanol–water partition coefficient (Wildman–Crippen LogP) is 3.25. The Morgan fingerprint density at radius 1 is 1.10 bits per heavy atom. The van der Waals surface area contributed by atoms with Gasteiger partial charge in [-0.3, -0.25) is 4.79 Å². The molecule has 3 heteroatoms. The summed E-state index contributed by atoms with van der Waals surface area (Å²) in [6, 6.07) is 7.53. The molecule has 0 spiro atoms. The van der Waals surface area contributed by atoms with Crippen LogP contribution in [0.1, 0.15) is 44.9 Å². The first-order valence-electron chi connectivity index (χ1n) is 6.92. The first kappa shape index (κ1) is 13.4. The maximum Gasteiger partial charge on any atom is 0.315 e. The van der Waals surface area contributed by atoms with E-state index in [1.165, 1.54) is 0 Å². The second kappa shape index (κ2) is 3.53. The number of carbonyl (C=O) groups is 1. The molecule has 0 heterocycles. The van der Waals surface area contributed by atoms with Crippen molar-refractivity contribution in [1.29, 1.82) is 0 Å². The van der Waals surface area contributed by atoms with Crippen molar-refractivity contribution >= 4 is 11.5 Å². The van der Waals surface area contributed by atoms with E-state index in [4.69, 9.17) is 0 Å². The normalized spacial score (nSPS) is 27.6. The van der Waals surface area contributed by atoms with Gasteiger partial charge in [-0.05, 0) is 33.6 Å². The van der Waals surface area contributed by atoms with Crippen LogP contribution in [-0.2, 0) is 4.79 Å². The standard InChI is InChI=1S/C17H20O3/c1-15(2)16(3,4)17(15,14(19)20)12-9-13(18)11-8-6-5-7-10(11)12/h5-9,13,18H,1-4H3,(H,19,20). The number of hydrogen-bond donors (Lipinski definition) is 2. The lowest BCUT2D eigenvalue weighted by Crippen LogP contribution is -2.24. The van der Waals surface area contributed by atoms with Crippen LogP contribution in [0.25, 0.3) is 5.57 Å². The van der Waals surface area contributed by atoms with Crippen molar-refractivity contribution in [2.75, 3.05) is 0 Å². The zero-order valence-electron chi connectivity index (χ0n) is 12.3. The van der Waals surface area contributed by atoms with E-state index in [0.717, 1.165) is 16.7 Å². The molecule has 20 heavy (non-hydrogen) atoms. The van der Waals surface area contributed by atoms with Crippen molar-refractivity contribution in [2.24, 2.45) is 16.2 Å². The van der Waals surface area contributed by atoms with Gasteiger partial charge in [0.1, 0.15) is 5.41 Å². The lowest BCUT2D eigenvalue weighted by molar-refractivity contribution is -0.142. The summed E-state index contributed by atoms with van der Waals surface area (Å²) in [6.07, 6.45) is 1.01. The van der Waals surface area contributed by atoms with E-state index in [1.807, 2.05) is 52.0 Å². The first-order valence-corrected chi connectivity index (χ1v) is 6.92. The summed E-state index contributed by atoms with van der Waals surface area (Å²) in [4.78, 5) is 12.1. The number of fused-ring (bicyclic) bond motifs is 1. The molecule has 3 nitrogen and oxygen atoms in total. The molecule has 1 aromatic carbocycles. The average molecular weight is 272 g/mol. The SMILES string of the molecule is CC1(C)C(C)(C)C1(C(=O)O)C1=CC(O)c2ccccc21. The fourth-order valence-electron chi connectivity index (χ4n) is 4.30. The third kappa shape index (κ3) is 1.14. The van der Waals surface area contributed by atoms with Gasteiger partial charge in [0.2, 0.25) is 0 Å². The number of aliphatic hydroxyl groups excluding tert-OH is 1. The summed E-state index contributed by atoms with van der Waals surface area (Å²) in [6.45, 7) is 7.98. The maximum atomic E-state index is 12.1. The predicted molar refractivity (Wildman–Crippen MR) is 77.0 cm³/mol. The van der Waals surface area contributed by atoms with E-state index in [-0.39, 0.29) is 10.8 Å². The average Bonchev–Trinajstić information content (AvgIpc) is 2.61. The summed E-state index contributed by atoms with van der Waals surface area (Å²) in [5.41, 5.74) is 0.808. The Labute approximate surface area is 118 Å². The van der Waals surface area contributed by atoms with Gasteiger partial charge >= 0.3 is 5.97 Å². The van der Waals surface area contributed by atoms with Gasteiger partial charge in [-0.15, -0.1) is 0 Å². The summed E-state index contributed by atoms with van der Waals surface area (Å²) in [5.74, 6) is -0.803. The highest BCUT2D eigenvalue weighted by molar-refractivity contribution is 6.00. The number of benzene rings is 1. The molecule has 0 bridgehead atoms. The van der Waals surface area contributed by atoms with Crippen molar-refractivity contribution in [2.45, 2.75) is 33.8 Å². The molecule has 1 atom stereocenters. The molecule has 1 saturated carbocycles. The fraction of sp³-hybridized carbons (Fsp3) is 0.471. The molecule has 106 valence electrons. The van der Waals surface area contributed by atoms with E-state index >= 15 is 0 Å². The molecule has 0 radical (unpaired) electrons. The molecule has 1 unspecified atom stereocenters. The lowest BCUT2D eigenvalue weighted by atomic mass is 9.82. The van der Waals surface area contributed by atoms with Gasteiger partial charge in [0.05, 0.1) is 6.10 Å². The third-order valence-corrected chi connectivity index (χ3v) is 5.99. The van der Waals surface area contributed by atoms with Gasteiger partial charge in [-0.2, -0.15) is 0 Å². The first-order chi connectivity index (χ1) is 9.19. The van der Waals surface area contributed by atoms with Crippen LogP contribution >= 0.6 is 0 Å². The third-order valence-electron chi connectivity index (χ3n) is 5.99. The lowest BCUT2D eigenvalue weighted by Gasteiger charge is -2.19. The topological polar surface area (TPSA) is 57.5 Å². The molecular formula is C17H20O3. The highest BCUT2D eigenvalue weighted by Crippen LogP contribution is 2.82. The van der Waals surface area contributed by atoms with Crippen LogP contribution < -0.4 is 0 Å². The number of hydrogen-bond acceptors (Lipinski definition) is 2. The Hall–Kier alpha value is -1.61. The van der Waals surface area contributed by atoms with Crippen molar-refractivity contribution in [3.63, 3.8) is 0 Å². The van der Waals surface area contributed by atoms with Gasteiger partial charge in [0.15, 0.2) is 0 Å². The zero-order chi connectivity index (χ0) is 14.9. The van der Waals surface area contributed by atoms with Crippen molar-refractivity contribution in [3.8, 4) is 0 Å². The van der Waals surface area contributed by atoms with Crippen LogP contribution in [0.4, 0.5) is 0 Å². The fourth-order valence-corrected chi connectivity index (χ4v) is 4.30. The Kier molecular flexibility index (Phi) is 2.36. The molecule has 0 aromatic heterocycles. The second-order valence-corrected chi connectivity index (χ2v) is 6.92. The minimum absolute atomic E-state index is 0.352. The molecule has 1 fully saturated rings. The Morgan fingerprint density at radius 3 is 2.15 bits per heavy atom. The van der Waals surface area contributed by atoms with E-state index in [9.17, 15) is 15.0 Å². The van der Waals surface area contributed by atoms with Crippen LogP contribution in [0.2, 0.25) is 0 Å². The van der Waals surface area contributed by atoms with Gasteiger partial charge in [-0.25, -0.2) is 0 Å². The summed E-state index contributed by atoms with van der Waals surface area (Å²) in [5, 5.41) is 20.1. The minimum Gasteiger partial charge on any atom is -0.481 e. The Bertz CT molecular complexity index is 623. The number of carboxylic acids is 1. The molecule has 2 N–H and O–H groups in total. The van der Waals surface area contributed by atoms with E-state index < -0.39 is 17.5 Å². The van der Waals surface area contributed by atoms with E-state index in [0.29, 0.717) is 0 Å². The van der Waals surface area contributed by atoms with Gasteiger partial charge in [0.25, 0.3) is 0 Å². The van der Waals surface area contributed by atoms with Crippen molar-refractivity contribution in [3.05, 3.63) is 41.5 Å². The van der Waals surface area contributed by atoms with Crippen molar-refractivity contribution in [1.82, 2.24) is 0 Å².